The summed E-state index contributed by atoms with van der Waals surface area (Å²) in [7, 11) is 0. The first-order valence-corrected chi connectivity index (χ1v) is 7.90. The van der Waals surface area contributed by atoms with Gasteiger partial charge in [-0.25, -0.2) is 0 Å². The van der Waals surface area contributed by atoms with E-state index in [1.165, 1.54) is 30.4 Å². The molecule has 0 saturated heterocycles. The molecule has 2 aromatic rings. The lowest BCUT2D eigenvalue weighted by Gasteiger charge is -2.03. The van der Waals surface area contributed by atoms with Crippen LogP contribution in [0.1, 0.15) is 61.8 Å². The number of aryl methyl sites for hydroxylation is 1. The molecule has 0 fully saturated rings. The predicted molar refractivity (Wildman–Crippen MR) is 91.6 cm³/mol. The van der Waals surface area contributed by atoms with E-state index in [4.69, 9.17) is 0 Å². The van der Waals surface area contributed by atoms with E-state index in [9.17, 15) is 0 Å². The van der Waals surface area contributed by atoms with Crippen LogP contribution in [-0.2, 0) is 6.42 Å². The Balaban J connectivity index is 2.04. The lowest BCUT2D eigenvalue weighted by atomic mass is 10.0. The third-order valence-corrected chi connectivity index (χ3v) is 3.70. The van der Waals surface area contributed by atoms with E-state index in [-0.39, 0.29) is 0 Å². The Morgan fingerprint density at radius 2 is 1.33 bits per heavy atom. The van der Waals surface area contributed by atoms with Gasteiger partial charge >= 0.3 is 0 Å². The van der Waals surface area contributed by atoms with Gasteiger partial charge in [-0.1, -0.05) is 63.3 Å². The molecule has 2 aromatic carbocycles. The number of hydrogen-bond donors (Lipinski definition) is 0. The Hall–Kier alpha value is -2.00. The van der Waals surface area contributed by atoms with Crippen molar-refractivity contribution in [3.63, 3.8) is 0 Å². The average Bonchev–Trinajstić information content (AvgIpc) is 2.52. The Morgan fingerprint density at radius 3 is 1.81 bits per heavy atom. The summed E-state index contributed by atoms with van der Waals surface area (Å²) < 4.78 is 0. The van der Waals surface area contributed by atoms with Gasteiger partial charge in [0.2, 0.25) is 0 Å². The molecule has 0 atom stereocenters. The maximum absolute atomic E-state index is 3.24. The van der Waals surface area contributed by atoms with E-state index < -0.39 is 0 Å². The highest BCUT2D eigenvalue weighted by Gasteiger charge is 1.97. The summed E-state index contributed by atoms with van der Waals surface area (Å²) >= 11 is 0. The zero-order chi connectivity index (χ0) is 15.1. The second-order valence-corrected chi connectivity index (χ2v) is 5.83. The molecule has 0 spiro atoms. The molecule has 108 valence electrons. The third kappa shape index (κ3) is 4.80. The third-order valence-electron chi connectivity index (χ3n) is 3.70. The zero-order valence-corrected chi connectivity index (χ0v) is 13.3. The number of hydrogen-bond acceptors (Lipinski definition) is 0. The minimum absolute atomic E-state index is 0.572. The van der Waals surface area contributed by atoms with Crippen LogP contribution in [0.25, 0.3) is 0 Å². The topological polar surface area (TPSA) is 0 Å². The summed E-state index contributed by atoms with van der Waals surface area (Å²) in [6.45, 7) is 6.64. The van der Waals surface area contributed by atoms with Gasteiger partial charge in [-0.15, -0.1) is 0 Å². The van der Waals surface area contributed by atoms with Gasteiger partial charge in [0, 0.05) is 11.1 Å². The molecule has 0 saturated carbocycles. The second kappa shape index (κ2) is 7.70. The molecule has 0 aliphatic heterocycles. The molecule has 0 bridgehead atoms. The molecule has 0 nitrogen and oxygen atoms in total. The lowest BCUT2D eigenvalue weighted by Crippen LogP contribution is -1.86. The summed E-state index contributed by atoms with van der Waals surface area (Å²) in [6.07, 6.45) is 3.67. The highest BCUT2D eigenvalue weighted by molar-refractivity contribution is 5.44. The molecule has 0 amide bonds. The molecule has 0 radical (unpaired) electrons. The Labute approximate surface area is 129 Å². The van der Waals surface area contributed by atoms with E-state index in [1.807, 2.05) is 0 Å². The van der Waals surface area contributed by atoms with Crippen molar-refractivity contribution in [2.45, 2.75) is 46.0 Å². The SMILES string of the molecule is CCCCc1ccc(C#Cc2ccc(C(C)C)cc2)cc1. The molecular weight excluding hydrogens is 252 g/mol. The zero-order valence-electron chi connectivity index (χ0n) is 13.3. The summed E-state index contributed by atoms with van der Waals surface area (Å²) in [5.41, 5.74) is 4.93. The molecule has 2 rings (SSSR count). The van der Waals surface area contributed by atoms with E-state index >= 15 is 0 Å². The molecule has 0 N–H and O–H groups in total. The van der Waals surface area contributed by atoms with Gasteiger partial charge in [-0.3, -0.25) is 0 Å². The summed E-state index contributed by atoms with van der Waals surface area (Å²) in [5, 5.41) is 0. The van der Waals surface area contributed by atoms with Crippen molar-refractivity contribution in [1.29, 1.82) is 0 Å². The molecule has 0 aliphatic rings. The largest absolute Gasteiger partial charge is 0.0654 e. The van der Waals surface area contributed by atoms with Crippen LogP contribution in [0.3, 0.4) is 0 Å². The molecule has 0 heterocycles. The minimum atomic E-state index is 0.572. The van der Waals surface area contributed by atoms with Crippen molar-refractivity contribution in [3.05, 3.63) is 70.8 Å². The molecule has 0 aromatic heterocycles. The second-order valence-electron chi connectivity index (χ2n) is 5.83. The van der Waals surface area contributed by atoms with Gasteiger partial charge in [-0.05, 0) is 54.2 Å². The van der Waals surface area contributed by atoms with Gasteiger partial charge in [0.25, 0.3) is 0 Å². The van der Waals surface area contributed by atoms with E-state index in [0.29, 0.717) is 5.92 Å². The number of benzene rings is 2. The smallest absolute Gasteiger partial charge is 0.0249 e. The molecule has 0 heteroatoms. The van der Waals surface area contributed by atoms with Crippen LogP contribution >= 0.6 is 0 Å². The van der Waals surface area contributed by atoms with Crippen LogP contribution < -0.4 is 0 Å². The van der Waals surface area contributed by atoms with Gasteiger partial charge in [0.05, 0.1) is 0 Å². The van der Waals surface area contributed by atoms with E-state index in [2.05, 4.69) is 81.1 Å². The first-order chi connectivity index (χ1) is 10.2. The normalized spacial score (nSPS) is 10.3. The number of rotatable bonds is 4. The average molecular weight is 276 g/mol. The molecule has 0 unspecified atom stereocenters. The van der Waals surface area contributed by atoms with Crippen LogP contribution in [0.4, 0.5) is 0 Å². The summed E-state index contributed by atoms with van der Waals surface area (Å²) in [6, 6.07) is 17.2. The molecule has 21 heavy (non-hydrogen) atoms. The van der Waals surface area contributed by atoms with Crippen molar-refractivity contribution in [2.75, 3.05) is 0 Å². The fourth-order valence-corrected chi connectivity index (χ4v) is 2.23. The van der Waals surface area contributed by atoms with Gasteiger partial charge in [-0.2, -0.15) is 0 Å². The molecule has 0 aliphatic carbocycles. The Morgan fingerprint density at radius 1 is 0.810 bits per heavy atom. The monoisotopic (exact) mass is 276 g/mol. The van der Waals surface area contributed by atoms with Crippen molar-refractivity contribution in [3.8, 4) is 11.8 Å². The standard InChI is InChI=1S/C21H24/c1-4-5-6-18-7-9-19(10-8-18)11-12-20-13-15-21(16-14-20)17(2)3/h7-10,13-17H,4-6H2,1-3H3. The van der Waals surface area contributed by atoms with Crippen LogP contribution in [-0.4, -0.2) is 0 Å². The summed E-state index contributed by atoms with van der Waals surface area (Å²) in [5.74, 6) is 7.05. The van der Waals surface area contributed by atoms with Gasteiger partial charge < -0.3 is 0 Å². The highest BCUT2D eigenvalue weighted by Crippen LogP contribution is 2.14. The number of unbranched alkanes of at least 4 members (excludes halogenated alkanes) is 1. The van der Waals surface area contributed by atoms with Crippen LogP contribution in [0.5, 0.6) is 0 Å². The predicted octanol–water partition coefficient (Wildman–Crippen LogP) is 5.55. The lowest BCUT2D eigenvalue weighted by molar-refractivity contribution is 0.795. The van der Waals surface area contributed by atoms with Crippen molar-refractivity contribution in [2.24, 2.45) is 0 Å². The highest BCUT2D eigenvalue weighted by atomic mass is 14.0. The molecular formula is C21H24. The first kappa shape index (κ1) is 15.4. The Kier molecular flexibility index (Phi) is 5.64. The van der Waals surface area contributed by atoms with Gasteiger partial charge in [0.15, 0.2) is 0 Å². The van der Waals surface area contributed by atoms with Gasteiger partial charge in [0.1, 0.15) is 0 Å². The minimum Gasteiger partial charge on any atom is -0.0654 e. The first-order valence-electron chi connectivity index (χ1n) is 7.90. The maximum Gasteiger partial charge on any atom is 0.0249 e. The van der Waals surface area contributed by atoms with Crippen molar-refractivity contribution < 1.29 is 0 Å². The van der Waals surface area contributed by atoms with Crippen molar-refractivity contribution in [1.82, 2.24) is 0 Å². The fraction of sp³-hybridized carbons (Fsp3) is 0.333. The maximum atomic E-state index is 3.24. The van der Waals surface area contributed by atoms with E-state index in [0.717, 1.165) is 11.1 Å². The van der Waals surface area contributed by atoms with E-state index in [1.54, 1.807) is 0 Å². The van der Waals surface area contributed by atoms with Crippen LogP contribution in [0, 0.1) is 11.8 Å². The van der Waals surface area contributed by atoms with Crippen molar-refractivity contribution >= 4 is 0 Å². The van der Waals surface area contributed by atoms with Crippen LogP contribution in [0.15, 0.2) is 48.5 Å². The van der Waals surface area contributed by atoms with Crippen LogP contribution in [0.2, 0.25) is 0 Å². The Bertz CT molecular complexity index is 604. The quantitative estimate of drug-likeness (QED) is 0.642. The fourth-order valence-electron chi connectivity index (χ4n) is 2.23. The summed E-state index contributed by atoms with van der Waals surface area (Å²) in [4.78, 5) is 0.